The van der Waals surface area contributed by atoms with Gasteiger partial charge in [0.05, 0.1) is 12.1 Å². The first-order chi connectivity index (χ1) is 8.51. The predicted molar refractivity (Wildman–Crippen MR) is 63.5 cm³/mol. The third-order valence-corrected chi connectivity index (χ3v) is 3.17. The number of carbonyl (C=O) groups excluding carboxylic acids is 2. The summed E-state index contributed by atoms with van der Waals surface area (Å²) in [6.07, 6.45) is 2.56. The van der Waals surface area contributed by atoms with Crippen LogP contribution in [-0.2, 0) is 0 Å². The van der Waals surface area contributed by atoms with Crippen LogP contribution in [0, 0.1) is 0 Å². The van der Waals surface area contributed by atoms with Crippen molar-refractivity contribution in [3.63, 3.8) is 0 Å². The lowest BCUT2D eigenvalue weighted by Gasteiger charge is -2.36. The number of rotatable bonds is 2. The first-order valence-corrected chi connectivity index (χ1v) is 5.60. The van der Waals surface area contributed by atoms with E-state index in [1.807, 2.05) is 10.9 Å². The van der Waals surface area contributed by atoms with Gasteiger partial charge in [0.2, 0.25) is 0 Å². The number of amides is 4. The Morgan fingerprint density at radius 1 is 0.833 bits per heavy atom. The summed E-state index contributed by atoms with van der Waals surface area (Å²) in [6, 6.07) is -1.30. The summed E-state index contributed by atoms with van der Waals surface area (Å²) >= 11 is 0. The van der Waals surface area contributed by atoms with Crippen LogP contribution in [0.4, 0.5) is 9.59 Å². The lowest BCUT2D eigenvalue weighted by atomic mass is 9.90. The van der Waals surface area contributed by atoms with Crippen LogP contribution in [0.5, 0.6) is 0 Å². The molecule has 104 valence electrons. The molecular weight excluding hydrogens is 240 g/mol. The zero-order chi connectivity index (χ0) is 13.7. The zero-order valence-corrected chi connectivity index (χ0v) is 10.0. The average molecular weight is 260 g/mol. The molecule has 10 N–H and O–H groups in total. The highest BCUT2D eigenvalue weighted by molar-refractivity contribution is 5.73. The van der Waals surface area contributed by atoms with Gasteiger partial charge in [-0.3, -0.25) is 20.9 Å². The normalized spacial score (nSPS) is 23.1. The van der Waals surface area contributed by atoms with E-state index in [4.69, 9.17) is 23.4 Å². The van der Waals surface area contributed by atoms with E-state index in [9.17, 15) is 9.59 Å². The summed E-state index contributed by atoms with van der Waals surface area (Å²) in [6.45, 7) is 0. The van der Waals surface area contributed by atoms with E-state index in [2.05, 4.69) is 0 Å². The van der Waals surface area contributed by atoms with Crippen LogP contribution in [0.1, 0.15) is 25.7 Å². The third kappa shape index (κ3) is 3.20. The fourth-order valence-corrected chi connectivity index (χ4v) is 2.10. The highest BCUT2D eigenvalue weighted by Gasteiger charge is 2.30. The standard InChI is InChI=1S/C8H20N8O2/c9-13-7(17)15(11)5-1-2-6(4-3-5)16(12)8(18)14-10/h5-6H,1-4,9-12H2,(H,13,17)(H,14,18). The number of hydrogen-bond acceptors (Lipinski definition) is 6. The molecule has 1 aliphatic rings. The summed E-state index contributed by atoms with van der Waals surface area (Å²) in [5.41, 5.74) is 3.94. The molecule has 10 nitrogen and oxygen atoms in total. The van der Waals surface area contributed by atoms with Crippen molar-refractivity contribution in [1.29, 1.82) is 0 Å². The van der Waals surface area contributed by atoms with Gasteiger partial charge in [0.15, 0.2) is 0 Å². The van der Waals surface area contributed by atoms with Gasteiger partial charge in [0.1, 0.15) is 0 Å². The van der Waals surface area contributed by atoms with Gasteiger partial charge >= 0.3 is 12.1 Å². The molecular formula is C8H20N8O2. The number of nitrogens with two attached hydrogens (primary N) is 4. The molecule has 1 rings (SSSR count). The quantitative estimate of drug-likeness (QED) is 0.187. The topological polar surface area (TPSA) is 169 Å². The molecule has 0 bridgehead atoms. The molecule has 0 saturated heterocycles. The van der Waals surface area contributed by atoms with Gasteiger partial charge < -0.3 is 0 Å². The number of carbonyl (C=O) groups is 2. The van der Waals surface area contributed by atoms with E-state index >= 15 is 0 Å². The van der Waals surface area contributed by atoms with Crippen LogP contribution in [0.15, 0.2) is 0 Å². The Balaban J connectivity index is 2.46. The summed E-state index contributed by atoms with van der Waals surface area (Å²) in [4.78, 5) is 22.5. The Kier molecular flexibility index (Phi) is 5.09. The largest absolute Gasteiger partial charge is 0.345 e. The van der Waals surface area contributed by atoms with E-state index < -0.39 is 12.1 Å². The second-order valence-electron chi connectivity index (χ2n) is 4.18. The Hall–Kier alpha value is -1.62. The third-order valence-electron chi connectivity index (χ3n) is 3.17. The highest BCUT2D eigenvalue weighted by Crippen LogP contribution is 2.24. The van der Waals surface area contributed by atoms with Crippen molar-refractivity contribution in [2.24, 2.45) is 23.4 Å². The van der Waals surface area contributed by atoms with Crippen LogP contribution >= 0.6 is 0 Å². The lowest BCUT2D eigenvalue weighted by molar-refractivity contribution is 0.115. The Labute approximate surface area is 104 Å². The Bertz CT molecular complexity index is 273. The van der Waals surface area contributed by atoms with Crippen molar-refractivity contribution in [3.8, 4) is 0 Å². The highest BCUT2D eigenvalue weighted by atomic mass is 16.2. The molecule has 0 aromatic carbocycles. The number of nitrogens with zero attached hydrogens (tertiary/aromatic N) is 2. The smallest absolute Gasteiger partial charge is 0.275 e. The van der Waals surface area contributed by atoms with Crippen molar-refractivity contribution < 1.29 is 9.59 Å². The maximum atomic E-state index is 11.2. The van der Waals surface area contributed by atoms with Crippen LogP contribution in [0.25, 0.3) is 0 Å². The number of urea groups is 2. The van der Waals surface area contributed by atoms with Crippen molar-refractivity contribution >= 4 is 12.1 Å². The first kappa shape index (κ1) is 14.4. The van der Waals surface area contributed by atoms with Gasteiger partial charge in [-0.1, -0.05) is 0 Å². The van der Waals surface area contributed by atoms with Gasteiger partial charge in [-0.2, -0.15) is 0 Å². The predicted octanol–water partition coefficient (Wildman–Crippen LogP) is -2.18. The summed E-state index contributed by atoms with van der Waals surface area (Å²) < 4.78 is 0. The average Bonchev–Trinajstić information content (AvgIpc) is 2.44. The van der Waals surface area contributed by atoms with E-state index in [0.717, 1.165) is 10.0 Å². The first-order valence-electron chi connectivity index (χ1n) is 5.60. The minimum Gasteiger partial charge on any atom is -0.275 e. The van der Waals surface area contributed by atoms with E-state index in [-0.39, 0.29) is 12.1 Å². The van der Waals surface area contributed by atoms with Gasteiger partial charge in [-0.15, -0.1) is 0 Å². The molecule has 0 heterocycles. The Morgan fingerprint density at radius 3 is 1.33 bits per heavy atom. The second kappa shape index (κ2) is 6.35. The van der Waals surface area contributed by atoms with Gasteiger partial charge in [0, 0.05) is 0 Å². The molecule has 0 atom stereocenters. The van der Waals surface area contributed by atoms with Crippen LogP contribution in [0.2, 0.25) is 0 Å². The molecule has 0 aliphatic heterocycles. The SMILES string of the molecule is NNC(=O)N(N)C1CCC(N(N)C(=O)NN)CC1. The molecule has 0 unspecified atom stereocenters. The zero-order valence-electron chi connectivity index (χ0n) is 10.0. The maximum Gasteiger partial charge on any atom is 0.345 e. The van der Waals surface area contributed by atoms with Crippen molar-refractivity contribution in [2.45, 2.75) is 37.8 Å². The fourth-order valence-electron chi connectivity index (χ4n) is 2.10. The maximum absolute atomic E-state index is 11.2. The fraction of sp³-hybridized carbons (Fsp3) is 0.750. The van der Waals surface area contributed by atoms with Crippen LogP contribution in [0.3, 0.4) is 0 Å². The molecule has 4 amide bonds. The molecule has 0 spiro atoms. The number of hydrogen-bond donors (Lipinski definition) is 6. The molecule has 10 heteroatoms. The van der Waals surface area contributed by atoms with Gasteiger partial charge in [-0.05, 0) is 25.7 Å². The van der Waals surface area contributed by atoms with Gasteiger partial charge in [0.25, 0.3) is 0 Å². The number of nitrogens with one attached hydrogen (secondary N) is 2. The molecule has 1 aliphatic carbocycles. The van der Waals surface area contributed by atoms with Crippen molar-refractivity contribution in [1.82, 2.24) is 20.9 Å². The van der Waals surface area contributed by atoms with Crippen LogP contribution in [-0.4, -0.2) is 34.2 Å². The number of hydrazine groups is 4. The molecule has 0 aromatic rings. The van der Waals surface area contributed by atoms with Crippen molar-refractivity contribution in [2.75, 3.05) is 0 Å². The minimum atomic E-state index is -0.539. The van der Waals surface area contributed by atoms with E-state index in [1.54, 1.807) is 0 Å². The molecule has 1 fully saturated rings. The molecule has 1 saturated carbocycles. The molecule has 0 radical (unpaired) electrons. The molecule has 0 aromatic heterocycles. The minimum absolute atomic E-state index is 0.112. The van der Waals surface area contributed by atoms with Gasteiger partial charge in [-0.25, -0.2) is 33.0 Å². The van der Waals surface area contributed by atoms with Crippen molar-refractivity contribution in [3.05, 3.63) is 0 Å². The second-order valence-corrected chi connectivity index (χ2v) is 4.18. The summed E-state index contributed by atoms with van der Waals surface area (Å²) in [5.74, 6) is 21.2. The molecule has 18 heavy (non-hydrogen) atoms. The summed E-state index contributed by atoms with van der Waals surface area (Å²) in [5, 5.41) is 2.14. The van der Waals surface area contributed by atoms with Crippen LogP contribution < -0.4 is 34.2 Å². The Morgan fingerprint density at radius 2 is 1.11 bits per heavy atom. The van der Waals surface area contributed by atoms with E-state index in [1.165, 1.54) is 0 Å². The monoisotopic (exact) mass is 260 g/mol. The lowest BCUT2D eigenvalue weighted by Crippen LogP contribution is -2.57. The summed E-state index contributed by atoms with van der Waals surface area (Å²) in [7, 11) is 0. The van der Waals surface area contributed by atoms with E-state index in [0.29, 0.717) is 25.7 Å².